The van der Waals surface area contributed by atoms with Crippen molar-refractivity contribution in [2.45, 2.75) is 0 Å². The lowest BCUT2D eigenvalue weighted by molar-refractivity contribution is 1.28. The molecule has 416 valence electrons. The Morgan fingerprint density at radius 2 is 0.386 bits per heavy atom. The van der Waals surface area contributed by atoms with Gasteiger partial charge in [0.05, 0.1) is 0 Å². The average molecular weight is 1120 g/mol. The van der Waals surface area contributed by atoms with Crippen LogP contribution >= 0.6 is 0 Å². The number of fused-ring (bicyclic) bond motifs is 5. The summed E-state index contributed by atoms with van der Waals surface area (Å²) in [6, 6.07) is 118. The quantitative estimate of drug-likeness (QED) is 0.0703. The van der Waals surface area contributed by atoms with E-state index < -0.39 is 0 Å². The highest BCUT2D eigenvalue weighted by molar-refractivity contribution is 6.27. The topological polar surface area (TPSA) is 6.48 Å². The summed E-state index contributed by atoms with van der Waals surface area (Å²) in [7, 11) is 0. The number of nitrogens with zero attached hydrogens (tertiary/aromatic N) is 2. The normalized spacial score (nSPS) is 11.7. The second-order valence-corrected chi connectivity index (χ2v) is 22.1. The molecular weight excluding hydrogens is 1060 g/mol. The molecule has 14 aromatic carbocycles. The second kappa shape index (κ2) is 25.3. The van der Waals surface area contributed by atoms with Crippen LogP contribution in [-0.4, -0.2) is 0 Å². The smallest absolute Gasteiger partial charge is 0.0462 e. The minimum Gasteiger partial charge on any atom is -0.311 e. The third kappa shape index (κ3) is 12.1. The molecule has 0 aliphatic heterocycles. The summed E-state index contributed by atoms with van der Waals surface area (Å²) in [5.74, 6) is 0. The molecule has 0 saturated heterocycles. The lowest BCUT2D eigenvalue weighted by Gasteiger charge is -2.26. The van der Waals surface area contributed by atoms with Crippen LogP contribution < -0.4 is 9.80 Å². The molecule has 0 saturated carbocycles. The van der Waals surface area contributed by atoms with Crippen molar-refractivity contribution in [1.29, 1.82) is 0 Å². The minimum atomic E-state index is 1.07. The van der Waals surface area contributed by atoms with Gasteiger partial charge in [-0.3, -0.25) is 0 Å². The Kier molecular flexibility index (Phi) is 15.6. The van der Waals surface area contributed by atoms with E-state index in [1.54, 1.807) is 0 Å². The van der Waals surface area contributed by atoms with Crippen molar-refractivity contribution in [3.05, 3.63) is 372 Å². The van der Waals surface area contributed by atoms with Gasteiger partial charge in [0.15, 0.2) is 0 Å². The first-order chi connectivity index (χ1) is 43.6. The summed E-state index contributed by atoms with van der Waals surface area (Å²) in [5.41, 5.74) is 20.4. The Labute approximate surface area is 516 Å². The van der Waals surface area contributed by atoms with Gasteiger partial charge >= 0.3 is 0 Å². The Balaban J connectivity index is 0.839. The van der Waals surface area contributed by atoms with Gasteiger partial charge in [-0.05, 0) is 184 Å². The van der Waals surface area contributed by atoms with E-state index >= 15 is 0 Å². The van der Waals surface area contributed by atoms with Crippen LogP contribution in [0.2, 0.25) is 0 Å². The van der Waals surface area contributed by atoms with Crippen molar-refractivity contribution >= 4 is 115 Å². The Morgan fingerprint density at radius 3 is 0.636 bits per heavy atom. The highest BCUT2D eigenvalue weighted by atomic mass is 15.1. The fourth-order valence-electron chi connectivity index (χ4n) is 11.9. The Hall–Kier alpha value is -11.6. The molecule has 2 nitrogen and oxygen atoms in total. The van der Waals surface area contributed by atoms with Gasteiger partial charge < -0.3 is 9.80 Å². The van der Waals surface area contributed by atoms with E-state index in [1.165, 1.54) is 65.7 Å². The van der Waals surface area contributed by atoms with Gasteiger partial charge in [0.25, 0.3) is 0 Å². The Morgan fingerprint density at radius 1 is 0.182 bits per heavy atom. The molecule has 0 heterocycles. The standard InChI is InChI=1S/C86H62N2/c1-5-17-63(18-6-1)29-33-67-37-49-75(50-38-67)87(76-51-39-68(40-52-76)34-30-64-19-7-2-8-20-64)79-57-45-71(46-58-79)83-61-73-25-13-16-28-82(73)86-84(62-74-26-14-15-27-81(74)85(83)86)72-47-59-80(60-48-72)88(77-53-41-69(42-54-77)35-31-65-21-9-3-10-22-65)78-55-43-70(44-56-78)36-32-66-23-11-4-12-24-66/h1-62H/b33-29+,34-30+,35-31+,36-32+. The molecule has 0 amide bonds. The molecular formula is C86H62N2. The van der Waals surface area contributed by atoms with Crippen molar-refractivity contribution in [1.82, 2.24) is 0 Å². The van der Waals surface area contributed by atoms with Gasteiger partial charge in [-0.25, -0.2) is 0 Å². The van der Waals surface area contributed by atoms with Gasteiger partial charge in [0.1, 0.15) is 0 Å². The van der Waals surface area contributed by atoms with Crippen molar-refractivity contribution in [3.63, 3.8) is 0 Å². The zero-order valence-electron chi connectivity index (χ0n) is 48.7. The number of anilines is 6. The highest BCUT2D eigenvalue weighted by Crippen LogP contribution is 2.46. The van der Waals surface area contributed by atoms with Gasteiger partial charge in [-0.1, -0.05) is 291 Å². The number of rotatable bonds is 16. The predicted octanol–water partition coefficient (Wildman–Crippen LogP) is 24.1. The monoisotopic (exact) mass is 1120 g/mol. The molecule has 88 heavy (non-hydrogen) atoms. The van der Waals surface area contributed by atoms with Crippen LogP contribution in [0.15, 0.2) is 328 Å². The molecule has 0 N–H and O–H groups in total. The van der Waals surface area contributed by atoms with E-state index in [0.29, 0.717) is 0 Å². The maximum Gasteiger partial charge on any atom is 0.0462 e. The molecule has 0 aliphatic rings. The van der Waals surface area contributed by atoms with E-state index in [-0.39, 0.29) is 0 Å². The first-order valence-electron chi connectivity index (χ1n) is 30.1. The summed E-state index contributed by atoms with van der Waals surface area (Å²) in [4.78, 5) is 4.71. The van der Waals surface area contributed by atoms with Crippen molar-refractivity contribution < 1.29 is 0 Å². The molecule has 2 heteroatoms. The largest absolute Gasteiger partial charge is 0.311 e. The van der Waals surface area contributed by atoms with Crippen LogP contribution in [-0.2, 0) is 0 Å². The molecule has 0 spiro atoms. The summed E-state index contributed by atoms with van der Waals surface area (Å²) >= 11 is 0. The zero-order valence-corrected chi connectivity index (χ0v) is 48.7. The molecule has 14 aromatic rings. The summed E-state index contributed by atoms with van der Waals surface area (Å²) in [6.07, 6.45) is 17.4. The summed E-state index contributed by atoms with van der Waals surface area (Å²) in [6.45, 7) is 0. The van der Waals surface area contributed by atoms with Gasteiger partial charge in [0.2, 0.25) is 0 Å². The van der Waals surface area contributed by atoms with E-state index in [9.17, 15) is 0 Å². The van der Waals surface area contributed by atoms with E-state index in [0.717, 1.165) is 67.5 Å². The molecule has 0 aliphatic carbocycles. The lowest BCUT2D eigenvalue weighted by atomic mass is 9.85. The Bertz CT molecular complexity index is 4300. The second-order valence-electron chi connectivity index (χ2n) is 22.1. The van der Waals surface area contributed by atoms with E-state index in [1.807, 2.05) is 0 Å². The molecule has 0 atom stereocenters. The fraction of sp³-hybridized carbons (Fsp3) is 0. The zero-order chi connectivity index (χ0) is 58.9. The van der Waals surface area contributed by atoms with Gasteiger partial charge in [0, 0.05) is 34.1 Å². The molecule has 0 unspecified atom stereocenters. The molecule has 0 bridgehead atoms. The first-order valence-corrected chi connectivity index (χ1v) is 30.1. The van der Waals surface area contributed by atoms with Crippen LogP contribution in [0.5, 0.6) is 0 Å². The van der Waals surface area contributed by atoms with Crippen LogP contribution in [0.25, 0.3) is 103 Å². The van der Waals surface area contributed by atoms with Gasteiger partial charge in [-0.2, -0.15) is 0 Å². The van der Waals surface area contributed by atoms with Crippen molar-refractivity contribution in [2.75, 3.05) is 9.80 Å². The molecule has 0 fully saturated rings. The van der Waals surface area contributed by atoms with Crippen molar-refractivity contribution in [3.8, 4) is 22.3 Å². The SMILES string of the molecule is C(=C\c1ccc(N(c2ccc(/C=C/c3ccccc3)cc2)c2ccc(-c3cc4ccccc4c4c(-c5ccc(N(c6ccc(/C=C/c7ccccc7)cc6)c6ccc(/C=C/c7ccccc7)cc6)cc5)cc5ccccc5c34)cc2)cc1)/c1ccccc1. The molecule has 0 aromatic heterocycles. The van der Waals surface area contributed by atoms with Gasteiger partial charge in [-0.15, -0.1) is 0 Å². The molecule has 0 radical (unpaired) electrons. The van der Waals surface area contributed by atoms with Crippen LogP contribution in [0, 0.1) is 0 Å². The van der Waals surface area contributed by atoms with E-state index in [4.69, 9.17) is 0 Å². The maximum absolute atomic E-state index is 2.40. The maximum atomic E-state index is 2.40. The van der Waals surface area contributed by atoms with E-state index in [2.05, 4.69) is 386 Å². The van der Waals surface area contributed by atoms with Crippen LogP contribution in [0.1, 0.15) is 44.5 Å². The highest BCUT2D eigenvalue weighted by Gasteiger charge is 2.20. The predicted molar refractivity (Wildman–Crippen MR) is 381 cm³/mol. The third-order valence-corrected chi connectivity index (χ3v) is 16.4. The lowest BCUT2D eigenvalue weighted by Crippen LogP contribution is -2.09. The minimum absolute atomic E-state index is 1.07. The van der Waals surface area contributed by atoms with Crippen molar-refractivity contribution in [2.24, 2.45) is 0 Å². The number of hydrogen-bond acceptors (Lipinski definition) is 2. The van der Waals surface area contributed by atoms with Crippen LogP contribution in [0.4, 0.5) is 34.1 Å². The number of benzene rings is 14. The van der Waals surface area contributed by atoms with Crippen LogP contribution in [0.3, 0.4) is 0 Å². The average Bonchev–Trinajstić information content (AvgIpc) is 2.31. The molecule has 14 rings (SSSR count). The fourth-order valence-corrected chi connectivity index (χ4v) is 11.9. The first kappa shape index (κ1) is 54.4. The third-order valence-electron chi connectivity index (χ3n) is 16.4. The summed E-state index contributed by atoms with van der Waals surface area (Å²) < 4.78 is 0. The number of hydrogen-bond donors (Lipinski definition) is 0. The summed E-state index contributed by atoms with van der Waals surface area (Å²) in [5, 5.41) is 7.32.